The molecular formula is C23H16F2N6O2. The summed E-state index contributed by atoms with van der Waals surface area (Å²) in [5, 5.41) is 2.18. The fourth-order valence-electron chi connectivity index (χ4n) is 3.86. The predicted octanol–water partition coefficient (Wildman–Crippen LogP) is 4.08. The van der Waals surface area contributed by atoms with Gasteiger partial charge in [0.1, 0.15) is 11.5 Å². The highest BCUT2D eigenvalue weighted by Gasteiger charge is 2.17. The molecule has 10 heteroatoms. The van der Waals surface area contributed by atoms with Crippen molar-refractivity contribution in [3.63, 3.8) is 0 Å². The van der Waals surface area contributed by atoms with Crippen molar-refractivity contribution in [3.05, 3.63) is 77.5 Å². The zero-order valence-corrected chi connectivity index (χ0v) is 17.2. The molecule has 0 bridgehead atoms. The number of nitrogens with zero attached hydrogens (tertiary/aromatic N) is 5. The summed E-state index contributed by atoms with van der Waals surface area (Å²) in [7, 11) is 1.61. The summed E-state index contributed by atoms with van der Waals surface area (Å²) in [4.78, 5) is 32.4. The van der Waals surface area contributed by atoms with E-state index in [1.54, 1.807) is 31.6 Å². The normalized spacial score (nSPS) is 11.1. The first-order valence-electron chi connectivity index (χ1n) is 9.87. The van der Waals surface area contributed by atoms with E-state index in [9.17, 15) is 18.6 Å². The Morgan fingerprint density at radius 3 is 2.55 bits per heavy atom. The first-order valence-corrected chi connectivity index (χ1v) is 9.87. The summed E-state index contributed by atoms with van der Waals surface area (Å²) in [6, 6.07) is 14.6. The molecule has 0 radical (unpaired) electrons. The maximum absolute atomic E-state index is 13.2. The second kappa shape index (κ2) is 7.83. The van der Waals surface area contributed by atoms with Crippen molar-refractivity contribution in [1.29, 1.82) is 0 Å². The molecule has 0 saturated heterocycles. The summed E-state index contributed by atoms with van der Waals surface area (Å²) >= 11 is 0. The topological polar surface area (TPSA) is 85.0 Å². The first kappa shape index (κ1) is 20.3. The van der Waals surface area contributed by atoms with Crippen LogP contribution in [-0.2, 0) is 11.8 Å². The SMILES string of the molecule is Cn1c(=O)n(-c2cccc(N(F)F)c2)c2c3cc(-c4ccc(NC=O)nc4)ccc3ncc21. The molecule has 0 unspecified atom stereocenters. The van der Waals surface area contributed by atoms with E-state index in [0.29, 0.717) is 39.9 Å². The molecule has 0 aliphatic rings. The lowest BCUT2D eigenvalue weighted by molar-refractivity contribution is -0.105. The van der Waals surface area contributed by atoms with Gasteiger partial charge in [0.05, 0.1) is 28.4 Å². The smallest absolute Gasteiger partial charge is 0.313 e. The average Bonchev–Trinajstić information content (AvgIpc) is 3.10. The Morgan fingerprint density at radius 2 is 1.82 bits per heavy atom. The highest BCUT2D eigenvalue weighted by atomic mass is 19.4. The first-order chi connectivity index (χ1) is 16.0. The van der Waals surface area contributed by atoms with Crippen LogP contribution in [0.5, 0.6) is 0 Å². The Bertz CT molecular complexity index is 1570. The lowest BCUT2D eigenvalue weighted by Crippen LogP contribution is -2.21. The van der Waals surface area contributed by atoms with Crippen LogP contribution in [0.1, 0.15) is 0 Å². The Labute approximate surface area is 185 Å². The lowest BCUT2D eigenvalue weighted by Gasteiger charge is -2.10. The monoisotopic (exact) mass is 446 g/mol. The van der Waals surface area contributed by atoms with Crippen molar-refractivity contribution < 1.29 is 13.8 Å². The molecule has 0 saturated carbocycles. The molecule has 3 aromatic heterocycles. The van der Waals surface area contributed by atoms with Gasteiger partial charge in [-0.15, -0.1) is 0 Å². The molecule has 5 rings (SSSR count). The van der Waals surface area contributed by atoms with Crippen LogP contribution >= 0.6 is 0 Å². The van der Waals surface area contributed by atoms with E-state index in [1.165, 1.54) is 27.3 Å². The number of hydrogen-bond acceptors (Lipinski definition) is 5. The molecule has 0 aliphatic carbocycles. The Hall–Kier alpha value is -4.60. The van der Waals surface area contributed by atoms with Gasteiger partial charge in [-0.2, -0.15) is 0 Å². The Morgan fingerprint density at radius 1 is 1.00 bits per heavy atom. The van der Waals surface area contributed by atoms with Crippen LogP contribution < -0.4 is 16.4 Å². The highest BCUT2D eigenvalue weighted by molar-refractivity contribution is 6.04. The van der Waals surface area contributed by atoms with Gasteiger partial charge in [-0.3, -0.25) is 18.9 Å². The van der Waals surface area contributed by atoms with Crippen LogP contribution in [0.2, 0.25) is 0 Å². The Kier molecular flexibility index (Phi) is 4.82. The molecule has 3 heterocycles. The molecule has 8 nitrogen and oxygen atoms in total. The van der Waals surface area contributed by atoms with E-state index in [2.05, 4.69) is 15.3 Å². The van der Waals surface area contributed by atoms with Crippen molar-refractivity contribution in [2.24, 2.45) is 7.05 Å². The summed E-state index contributed by atoms with van der Waals surface area (Å²) in [5.41, 5.74) is 2.99. The Balaban J connectivity index is 1.77. The van der Waals surface area contributed by atoms with Crippen molar-refractivity contribution in [1.82, 2.24) is 19.1 Å². The van der Waals surface area contributed by atoms with Gasteiger partial charge >= 0.3 is 5.69 Å². The lowest BCUT2D eigenvalue weighted by atomic mass is 10.0. The van der Waals surface area contributed by atoms with Crippen molar-refractivity contribution in [3.8, 4) is 16.8 Å². The van der Waals surface area contributed by atoms with Crippen LogP contribution in [0, 0.1) is 0 Å². The van der Waals surface area contributed by atoms with Gasteiger partial charge < -0.3 is 5.32 Å². The van der Waals surface area contributed by atoms with E-state index >= 15 is 0 Å². The second-order valence-corrected chi connectivity index (χ2v) is 7.35. The molecule has 1 amide bonds. The van der Waals surface area contributed by atoms with Crippen molar-refractivity contribution >= 4 is 39.9 Å². The molecule has 0 aliphatic heterocycles. The summed E-state index contributed by atoms with van der Waals surface area (Å²) in [6.45, 7) is 0. The van der Waals surface area contributed by atoms with Crippen LogP contribution in [0.15, 0.2) is 71.8 Å². The van der Waals surface area contributed by atoms with E-state index in [4.69, 9.17) is 0 Å². The third-order valence-corrected chi connectivity index (χ3v) is 5.47. The minimum atomic E-state index is -0.992. The summed E-state index contributed by atoms with van der Waals surface area (Å²) in [5.74, 6) is 0.421. The molecule has 1 N–H and O–H groups in total. The van der Waals surface area contributed by atoms with Crippen molar-refractivity contribution in [2.75, 3.05) is 10.7 Å². The number of fused-ring (bicyclic) bond motifs is 3. The molecule has 0 spiro atoms. The molecule has 0 atom stereocenters. The number of halogens is 2. The maximum Gasteiger partial charge on any atom is 0.333 e. The van der Waals surface area contributed by atoms with Crippen molar-refractivity contribution in [2.45, 2.75) is 0 Å². The third kappa shape index (κ3) is 3.37. The number of carbonyl (C=O) groups excluding carboxylic acids is 1. The molecule has 33 heavy (non-hydrogen) atoms. The number of rotatable bonds is 5. The van der Waals surface area contributed by atoms with Gasteiger partial charge in [-0.1, -0.05) is 21.1 Å². The number of nitrogens with one attached hydrogen (secondary N) is 1. The number of benzene rings is 2. The average molecular weight is 446 g/mol. The third-order valence-electron chi connectivity index (χ3n) is 5.47. The fraction of sp³-hybridized carbons (Fsp3) is 0.0435. The van der Waals surface area contributed by atoms with Gasteiger partial charge in [0.15, 0.2) is 0 Å². The van der Waals surface area contributed by atoms with Crippen LogP contribution in [0.3, 0.4) is 0 Å². The predicted molar refractivity (Wildman–Crippen MR) is 121 cm³/mol. The van der Waals surface area contributed by atoms with E-state index in [-0.39, 0.29) is 11.4 Å². The van der Waals surface area contributed by atoms with Crippen LogP contribution in [-0.4, -0.2) is 25.5 Å². The standard InChI is InChI=1S/C23H16F2N6O2/c1-29-20-12-26-19-7-5-14(15-6-8-21(27-11-15)28-13-32)9-18(19)22(20)30(23(29)33)16-3-2-4-17(10-16)31(24)25/h2-13H,1H3,(H,27,28,32). The minimum Gasteiger partial charge on any atom is -0.313 e. The summed E-state index contributed by atoms with van der Waals surface area (Å²) in [6.07, 6.45) is 3.77. The molecule has 5 aromatic rings. The number of hydrogen-bond donors (Lipinski definition) is 1. The quantitative estimate of drug-likeness (QED) is 0.325. The fourth-order valence-corrected chi connectivity index (χ4v) is 3.86. The minimum absolute atomic E-state index is 0.312. The summed E-state index contributed by atoms with van der Waals surface area (Å²) < 4.78 is 29.2. The number of anilines is 2. The molecular weight excluding hydrogens is 430 g/mol. The van der Waals surface area contributed by atoms with Gasteiger partial charge in [-0.25, -0.2) is 9.78 Å². The zero-order chi connectivity index (χ0) is 23.1. The van der Waals surface area contributed by atoms with Gasteiger partial charge in [0.2, 0.25) is 6.41 Å². The van der Waals surface area contributed by atoms with Gasteiger partial charge in [0, 0.05) is 24.2 Å². The van der Waals surface area contributed by atoms with E-state index in [1.807, 2.05) is 24.3 Å². The second-order valence-electron chi connectivity index (χ2n) is 7.35. The number of carbonyl (C=O) groups is 1. The largest absolute Gasteiger partial charge is 0.333 e. The number of amides is 1. The number of aromatic nitrogens is 4. The van der Waals surface area contributed by atoms with Crippen LogP contribution in [0.4, 0.5) is 20.5 Å². The van der Waals surface area contributed by atoms with E-state index in [0.717, 1.165) is 11.1 Å². The molecule has 164 valence electrons. The van der Waals surface area contributed by atoms with E-state index < -0.39 is 5.34 Å². The number of pyridine rings is 2. The highest BCUT2D eigenvalue weighted by Crippen LogP contribution is 2.30. The number of aryl methyl sites for hydroxylation is 1. The zero-order valence-electron chi connectivity index (χ0n) is 17.2. The van der Waals surface area contributed by atoms with Crippen LogP contribution in [0.25, 0.3) is 38.8 Å². The van der Waals surface area contributed by atoms with Gasteiger partial charge in [-0.05, 0) is 53.4 Å². The number of imidazole rings is 1. The molecule has 2 aromatic carbocycles. The van der Waals surface area contributed by atoms with Gasteiger partial charge in [0.25, 0.3) is 0 Å². The maximum atomic E-state index is 13.2. The molecule has 0 fully saturated rings.